The van der Waals surface area contributed by atoms with Crippen molar-refractivity contribution < 1.29 is 22.7 Å². The number of methoxy groups -OCH3 is 2. The Morgan fingerprint density at radius 2 is 2.19 bits per heavy atom. The van der Waals surface area contributed by atoms with Crippen molar-refractivity contribution >= 4 is 32.6 Å². The number of nitrogens with one attached hydrogen (secondary N) is 2. The number of hydrogen-bond acceptors (Lipinski definition) is 7. The maximum atomic E-state index is 11.7. The summed E-state index contributed by atoms with van der Waals surface area (Å²) in [5.74, 6) is -0.270. The molecule has 0 saturated heterocycles. The Bertz CT molecular complexity index is 544. The maximum Gasteiger partial charge on any atom is 0.305 e. The normalized spacial score (nSPS) is 11.3. The largest absolute Gasteiger partial charge is 0.469 e. The summed E-state index contributed by atoms with van der Waals surface area (Å²) in [4.78, 5) is 15.1. The van der Waals surface area contributed by atoms with Crippen LogP contribution in [0.25, 0.3) is 0 Å². The first-order chi connectivity index (χ1) is 9.96. The smallest absolute Gasteiger partial charge is 0.305 e. The Labute approximate surface area is 128 Å². The molecule has 0 aliphatic carbocycles. The van der Waals surface area contributed by atoms with Gasteiger partial charge in [-0.25, -0.2) is 9.71 Å². The third-order valence-electron chi connectivity index (χ3n) is 2.41. The molecule has 0 spiro atoms. The highest BCUT2D eigenvalue weighted by Gasteiger charge is 2.12. The molecule has 21 heavy (non-hydrogen) atoms. The van der Waals surface area contributed by atoms with E-state index in [1.807, 2.05) is 0 Å². The Kier molecular flexibility index (Phi) is 7.57. The van der Waals surface area contributed by atoms with Gasteiger partial charge in [0.2, 0.25) is 0 Å². The topological polar surface area (TPSA) is 107 Å². The number of thiazole rings is 1. The number of rotatable bonds is 10. The highest BCUT2D eigenvalue weighted by Crippen LogP contribution is 2.17. The maximum absolute atomic E-state index is 11.7. The molecule has 1 rings (SSSR count). The molecule has 2 N–H and O–H groups in total. The fraction of sp³-hybridized carbons (Fsp3) is 0.636. The predicted molar refractivity (Wildman–Crippen MR) is 79.5 cm³/mol. The third kappa shape index (κ3) is 7.37. The number of nitrogens with zero attached hydrogens (tertiary/aromatic N) is 1. The van der Waals surface area contributed by atoms with Crippen LogP contribution in [0.1, 0.15) is 18.5 Å². The van der Waals surface area contributed by atoms with Crippen LogP contribution in [-0.2, 0) is 30.9 Å². The van der Waals surface area contributed by atoms with E-state index < -0.39 is 10.2 Å². The molecular formula is C11H19N3O5S2. The summed E-state index contributed by atoms with van der Waals surface area (Å²) in [6.07, 6.45) is 1.51. The highest BCUT2D eigenvalue weighted by atomic mass is 32.2. The summed E-state index contributed by atoms with van der Waals surface area (Å²) >= 11 is 1.19. The van der Waals surface area contributed by atoms with Crippen LogP contribution < -0.4 is 9.44 Å². The molecule has 0 saturated carbocycles. The van der Waals surface area contributed by atoms with Crippen molar-refractivity contribution in [1.29, 1.82) is 0 Å². The molecule has 0 aliphatic rings. The van der Waals surface area contributed by atoms with Crippen molar-refractivity contribution in [3.63, 3.8) is 0 Å². The van der Waals surface area contributed by atoms with Crippen molar-refractivity contribution in [2.45, 2.75) is 19.3 Å². The van der Waals surface area contributed by atoms with E-state index in [-0.39, 0.29) is 24.3 Å². The van der Waals surface area contributed by atoms with Crippen molar-refractivity contribution in [3.8, 4) is 0 Å². The van der Waals surface area contributed by atoms with Crippen molar-refractivity contribution in [3.05, 3.63) is 11.1 Å². The summed E-state index contributed by atoms with van der Waals surface area (Å²) in [6.45, 7) is 0.473. The SMILES string of the molecule is COCCNS(=O)(=O)Nc1nc(CCCC(=O)OC)cs1. The predicted octanol–water partition coefficient (Wildman–Crippen LogP) is 0.531. The van der Waals surface area contributed by atoms with Crippen LogP contribution in [0.2, 0.25) is 0 Å². The van der Waals surface area contributed by atoms with Crippen LogP contribution in [0.5, 0.6) is 0 Å². The number of aryl methyl sites for hydroxylation is 1. The first-order valence-electron chi connectivity index (χ1n) is 6.24. The van der Waals surface area contributed by atoms with Gasteiger partial charge in [-0.1, -0.05) is 0 Å². The van der Waals surface area contributed by atoms with Gasteiger partial charge in [0.25, 0.3) is 0 Å². The van der Waals surface area contributed by atoms with Gasteiger partial charge in [-0.15, -0.1) is 11.3 Å². The van der Waals surface area contributed by atoms with Gasteiger partial charge in [0.15, 0.2) is 5.13 Å². The molecular weight excluding hydrogens is 318 g/mol. The zero-order valence-electron chi connectivity index (χ0n) is 11.9. The van der Waals surface area contributed by atoms with E-state index in [1.54, 1.807) is 5.38 Å². The second-order valence-electron chi connectivity index (χ2n) is 4.07. The lowest BCUT2D eigenvalue weighted by Gasteiger charge is -2.05. The molecule has 0 atom stereocenters. The summed E-state index contributed by atoms with van der Waals surface area (Å²) in [5, 5.41) is 2.04. The lowest BCUT2D eigenvalue weighted by atomic mass is 10.2. The Hall–Kier alpha value is -1.23. The van der Waals surface area contributed by atoms with Crippen LogP contribution in [-0.4, -0.2) is 46.7 Å². The molecule has 0 aliphatic heterocycles. The molecule has 0 fully saturated rings. The summed E-state index contributed by atoms with van der Waals surface area (Å²) in [7, 11) is -0.806. The molecule has 0 amide bonds. The lowest BCUT2D eigenvalue weighted by molar-refractivity contribution is -0.140. The van der Waals surface area contributed by atoms with E-state index in [9.17, 15) is 13.2 Å². The summed E-state index contributed by atoms with van der Waals surface area (Å²) < 4.78 is 37.3. The van der Waals surface area contributed by atoms with Gasteiger partial charge >= 0.3 is 16.2 Å². The molecule has 0 aromatic carbocycles. The molecule has 1 aromatic rings. The Balaban J connectivity index is 2.42. The lowest BCUT2D eigenvalue weighted by Crippen LogP contribution is -2.32. The van der Waals surface area contributed by atoms with Crippen LogP contribution in [0.4, 0.5) is 5.13 Å². The first kappa shape index (κ1) is 17.8. The van der Waals surface area contributed by atoms with E-state index in [2.05, 4.69) is 19.2 Å². The van der Waals surface area contributed by atoms with E-state index in [1.165, 1.54) is 25.6 Å². The number of esters is 1. The number of aromatic nitrogens is 1. The Morgan fingerprint density at radius 3 is 2.86 bits per heavy atom. The molecule has 0 unspecified atom stereocenters. The molecule has 0 bridgehead atoms. The summed E-state index contributed by atoms with van der Waals surface area (Å²) in [5.41, 5.74) is 0.735. The standard InChI is InChI=1S/C11H19N3O5S2/c1-18-7-6-12-21(16,17)14-11-13-9(8-20-11)4-3-5-10(15)19-2/h8,12H,3-7H2,1-2H3,(H,13,14). The Morgan fingerprint density at radius 1 is 1.43 bits per heavy atom. The quantitative estimate of drug-likeness (QED) is 0.476. The van der Waals surface area contributed by atoms with E-state index in [4.69, 9.17) is 4.74 Å². The van der Waals surface area contributed by atoms with E-state index in [0.29, 0.717) is 19.3 Å². The van der Waals surface area contributed by atoms with Crippen molar-refractivity contribution in [1.82, 2.24) is 9.71 Å². The van der Waals surface area contributed by atoms with Gasteiger partial charge in [-0.3, -0.25) is 4.79 Å². The summed E-state index contributed by atoms with van der Waals surface area (Å²) in [6, 6.07) is 0. The zero-order chi connectivity index (χ0) is 15.7. The fourth-order valence-electron chi connectivity index (χ4n) is 1.41. The average Bonchev–Trinajstić information content (AvgIpc) is 2.85. The third-order valence-corrected chi connectivity index (χ3v) is 4.40. The minimum atomic E-state index is -3.64. The average molecular weight is 337 g/mol. The second kappa shape index (κ2) is 8.93. The molecule has 1 aromatic heterocycles. The van der Waals surface area contributed by atoms with Gasteiger partial charge < -0.3 is 9.47 Å². The van der Waals surface area contributed by atoms with Gasteiger partial charge in [0.1, 0.15) is 0 Å². The minimum Gasteiger partial charge on any atom is -0.469 e. The molecule has 1 heterocycles. The van der Waals surface area contributed by atoms with Crippen molar-refractivity contribution in [2.75, 3.05) is 32.1 Å². The number of carbonyl (C=O) groups is 1. The monoisotopic (exact) mass is 337 g/mol. The van der Waals surface area contributed by atoms with Gasteiger partial charge in [0.05, 0.1) is 19.4 Å². The van der Waals surface area contributed by atoms with Gasteiger partial charge in [-0.05, 0) is 12.8 Å². The molecule has 10 heteroatoms. The van der Waals surface area contributed by atoms with E-state index >= 15 is 0 Å². The fourth-order valence-corrected chi connectivity index (χ4v) is 3.22. The van der Waals surface area contributed by atoms with Crippen LogP contribution in [0, 0.1) is 0 Å². The van der Waals surface area contributed by atoms with Crippen LogP contribution in [0.15, 0.2) is 5.38 Å². The van der Waals surface area contributed by atoms with Crippen molar-refractivity contribution in [2.24, 2.45) is 0 Å². The zero-order valence-corrected chi connectivity index (χ0v) is 13.6. The van der Waals surface area contributed by atoms with Gasteiger partial charge in [0, 0.05) is 25.5 Å². The molecule has 8 nitrogen and oxygen atoms in total. The molecule has 120 valence electrons. The van der Waals surface area contributed by atoms with E-state index in [0.717, 1.165) is 5.69 Å². The molecule has 0 radical (unpaired) electrons. The highest BCUT2D eigenvalue weighted by molar-refractivity contribution is 7.91. The van der Waals surface area contributed by atoms with Gasteiger partial charge in [-0.2, -0.15) is 13.1 Å². The minimum absolute atomic E-state index is 0.184. The number of hydrogen-bond donors (Lipinski definition) is 2. The first-order valence-corrected chi connectivity index (χ1v) is 8.60. The number of anilines is 1. The number of carbonyl (C=O) groups excluding carboxylic acids is 1. The van der Waals surface area contributed by atoms with Crippen LogP contribution in [0.3, 0.4) is 0 Å². The van der Waals surface area contributed by atoms with Crippen LogP contribution >= 0.6 is 11.3 Å². The second-order valence-corrected chi connectivity index (χ2v) is 6.42. The number of ether oxygens (including phenoxy) is 2.